The molecule has 194 valence electrons. The number of benzene rings is 1. The molecule has 0 radical (unpaired) electrons. The van der Waals surface area contributed by atoms with Crippen LogP contribution in [0.2, 0.25) is 0 Å². The summed E-state index contributed by atoms with van der Waals surface area (Å²) in [6.07, 6.45) is 6.40. The molecule has 0 saturated carbocycles. The summed E-state index contributed by atoms with van der Waals surface area (Å²) in [5.41, 5.74) is 1.53. The molecule has 1 amide bonds. The fraction of sp³-hybridized carbons (Fsp3) is 0.346. The molecule has 37 heavy (non-hydrogen) atoms. The van der Waals surface area contributed by atoms with Crippen molar-refractivity contribution in [2.75, 3.05) is 25.0 Å². The zero-order chi connectivity index (χ0) is 25.9. The van der Waals surface area contributed by atoms with Crippen molar-refractivity contribution in [2.24, 2.45) is 0 Å². The summed E-state index contributed by atoms with van der Waals surface area (Å²) in [6.45, 7) is 4.60. The third kappa shape index (κ3) is 5.47. The van der Waals surface area contributed by atoms with Crippen LogP contribution >= 0.6 is 0 Å². The number of imidazole rings is 1. The van der Waals surface area contributed by atoms with Gasteiger partial charge >= 0.3 is 0 Å². The Hall–Kier alpha value is -3.83. The van der Waals surface area contributed by atoms with Gasteiger partial charge in [0.2, 0.25) is 0 Å². The summed E-state index contributed by atoms with van der Waals surface area (Å²) >= 11 is 0. The first-order valence-corrected chi connectivity index (χ1v) is 12.2. The summed E-state index contributed by atoms with van der Waals surface area (Å²) in [6, 6.07) is 6.95. The number of aryl methyl sites for hydroxylation is 1. The van der Waals surface area contributed by atoms with Crippen LogP contribution in [0.4, 0.5) is 14.5 Å². The predicted octanol–water partition coefficient (Wildman–Crippen LogP) is 3.41. The van der Waals surface area contributed by atoms with Crippen LogP contribution in [0.15, 0.2) is 48.9 Å². The second-order valence-corrected chi connectivity index (χ2v) is 9.12. The van der Waals surface area contributed by atoms with E-state index in [0.29, 0.717) is 35.0 Å². The van der Waals surface area contributed by atoms with Crippen LogP contribution in [-0.4, -0.2) is 60.8 Å². The molecule has 1 aromatic carbocycles. The number of likely N-dealkylation sites (tertiary alicyclic amines) is 1. The molecule has 5 rings (SSSR count). The second kappa shape index (κ2) is 10.7. The Morgan fingerprint density at radius 3 is 2.68 bits per heavy atom. The standard InChI is InChI=1S/C26H28F2N6O3/c1-17-24(26(36)31-18-14-29-33(15-18)13-12-32-10-7-19(35)8-11-32)34-9-3-6-23(25(34)30-17)37-16-20-21(27)4-2-5-22(20)28/h2-6,9,14-15,19,35H,7-8,10-13,16H2,1H3,(H,31,36). The first-order chi connectivity index (χ1) is 17.9. The van der Waals surface area contributed by atoms with Crippen molar-refractivity contribution in [2.45, 2.75) is 39.0 Å². The lowest BCUT2D eigenvalue weighted by Gasteiger charge is -2.29. The number of piperidine rings is 1. The minimum atomic E-state index is -0.693. The van der Waals surface area contributed by atoms with Crippen molar-refractivity contribution >= 4 is 17.2 Å². The molecule has 1 saturated heterocycles. The van der Waals surface area contributed by atoms with Crippen molar-refractivity contribution in [3.8, 4) is 5.75 Å². The number of rotatable bonds is 8. The number of halogens is 2. The third-order valence-electron chi connectivity index (χ3n) is 6.53. The maximum atomic E-state index is 14.0. The van der Waals surface area contributed by atoms with Crippen molar-refractivity contribution < 1.29 is 23.4 Å². The molecular formula is C26H28F2N6O3. The Labute approximate surface area is 212 Å². The highest BCUT2D eigenvalue weighted by atomic mass is 19.1. The van der Waals surface area contributed by atoms with Crippen LogP contribution < -0.4 is 10.1 Å². The van der Waals surface area contributed by atoms with E-state index >= 15 is 0 Å². The molecule has 4 aromatic rings. The van der Waals surface area contributed by atoms with Gasteiger partial charge in [-0.25, -0.2) is 13.8 Å². The van der Waals surface area contributed by atoms with E-state index in [9.17, 15) is 18.7 Å². The van der Waals surface area contributed by atoms with Crippen molar-refractivity contribution in [1.82, 2.24) is 24.1 Å². The molecular weight excluding hydrogens is 482 g/mol. The van der Waals surface area contributed by atoms with Gasteiger partial charge < -0.3 is 20.1 Å². The first kappa shape index (κ1) is 24.8. The maximum absolute atomic E-state index is 14.0. The summed E-state index contributed by atoms with van der Waals surface area (Å²) in [7, 11) is 0. The number of aliphatic hydroxyl groups is 1. The predicted molar refractivity (Wildman–Crippen MR) is 132 cm³/mol. The van der Waals surface area contributed by atoms with Gasteiger partial charge in [0.05, 0.1) is 35.8 Å². The Kier molecular flexibility index (Phi) is 7.15. The van der Waals surface area contributed by atoms with Gasteiger partial charge in [0.1, 0.15) is 23.9 Å². The van der Waals surface area contributed by atoms with E-state index in [0.717, 1.165) is 32.5 Å². The Morgan fingerprint density at radius 1 is 1.16 bits per heavy atom. The number of anilines is 1. The molecule has 1 fully saturated rings. The lowest BCUT2D eigenvalue weighted by molar-refractivity contribution is 0.0805. The highest BCUT2D eigenvalue weighted by Gasteiger charge is 2.21. The van der Waals surface area contributed by atoms with Crippen molar-refractivity contribution in [3.63, 3.8) is 0 Å². The summed E-state index contributed by atoms with van der Waals surface area (Å²) in [4.78, 5) is 19.9. The zero-order valence-electron chi connectivity index (χ0n) is 20.4. The number of hydrogen-bond donors (Lipinski definition) is 2. The number of nitrogens with zero attached hydrogens (tertiary/aromatic N) is 5. The van der Waals surface area contributed by atoms with E-state index in [4.69, 9.17) is 4.74 Å². The number of fused-ring (bicyclic) bond motifs is 1. The largest absolute Gasteiger partial charge is 0.485 e. The smallest absolute Gasteiger partial charge is 0.274 e. The summed E-state index contributed by atoms with van der Waals surface area (Å²) in [5.74, 6) is -1.46. The highest BCUT2D eigenvalue weighted by molar-refractivity contribution is 6.04. The molecule has 2 N–H and O–H groups in total. The van der Waals surface area contributed by atoms with Crippen molar-refractivity contribution in [3.05, 3.63) is 77.5 Å². The van der Waals surface area contributed by atoms with E-state index in [1.54, 1.807) is 46.7 Å². The zero-order valence-corrected chi connectivity index (χ0v) is 20.4. The number of ether oxygens (including phenoxy) is 1. The summed E-state index contributed by atoms with van der Waals surface area (Å²) in [5, 5.41) is 16.8. The van der Waals surface area contributed by atoms with Gasteiger partial charge in [-0.1, -0.05) is 6.07 Å². The Balaban J connectivity index is 1.27. The van der Waals surface area contributed by atoms with Crippen LogP contribution in [0.5, 0.6) is 5.75 Å². The second-order valence-electron chi connectivity index (χ2n) is 9.12. The minimum Gasteiger partial charge on any atom is -0.485 e. The van der Waals surface area contributed by atoms with E-state index in [1.165, 1.54) is 18.2 Å². The number of pyridine rings is 1. The normalized spacial score (nSPS) is 14.8. The molecule has 11 heteroatoms. The lowest BCUT2D eigenvalue weighted by Crippen LogP contribution is -2.37. The minimum absolute atomic E-state index is 0.180. The van der Waals surface area contributed by atoms with Crippen LogP contribution in [0.25, 0.3) is 5.65 Å². The van der Waals surface area contributed by atoms with Crippen molar-refractivity contribution in [1.29, 1.82) is 0 Å². The topological polar surface area (TPSA) is 96.9 Å². The van der Waals surface area contributed by atoms with Gasteiger partial charge in [-0.3, -0.25) is 13.9 Å². The summed E-state index contributed by atoms with van der Waals surface area (Å²) < 4.78 is 37.0. The van der Waals surface area contributed by atoms with Gasteiger partial charge in [-0.2, -0.15) is 5.10 Å². The molecule has 1 aliphatic heterocycles. The van der Waals surface area contributed by atoms with E-state index in [1.807, 2.05) is 0 Å². The molecule has 3 aromatic heterocycles. The molecule has 4 heterocycles. The van der Waals surface area contributed by atoms with Crippen LogP contribution in [0.1, 0.15) is 34.6 Å². The van der Waals surface area contributed by atoms with Gasteiger partial charge in [-0.15, -0.1) is 0 Å². The number of nitrogens with one attached hydrogen (secondary N) is 1. The van der Waals surface area contributed by atoms with Crippen LogP contribution in [0, 0.1) is 18.6 Å². The van der Waals surface area contributed by atoms with Gasteiger partial charge in [0.15, 0.2) is 11.4 Å². The van der Waals surface area contributed by atoms with E-state index in [2.05, 4.69) is 20.3 Å². The fourth-order valence-electron chi connectivity index (χ4n) is 4.49. The average molecular weight is 511 g/mol. The number of amides is 1. The Bertz CT molecular complexity index is 1390. The van der Waals surface area contributed by atoms with Crippen LogP contribution in [-0.2, 0) is 13.2 Å². The average Bonchev–Trinajstić information content (AvgIpc) is 3.46. The first-order valence-electron chi connectivity index (χ1n) is 12.2. The molecule has 0 unspecified atom stereocenters. The number of hydrogen-bond acceptors (Lipinski definition) is 6. The maximum Gasteiger partial charge on any atom is 0.274 e. The lowest BCUT2D eigenvalue weighted by atomic mass is 10.1. The fourth-order valence-corrected chi connectivity index (χ4v) is 4.49. The Morgan fingerprint density at radius 2 is 1.92 bits per heavy atom. The van der Waals surface area contributed by atoms with E-state index in [-0.39, 0.29) is 24.2 Å². The molecule has 0 bridgehead atoms. The number of aliphatic hydroxyl groups excluding tert-OH is 1. The quantitative estimate of drug-likeness (QED) is 0.377. The molecule has 9 nitrogen and oxygen atoms in total. The monoisotopic (exact) mass is 510 g/mol. The van der Waals surface area contributed by atoms with E-state index < -0.39 is 11.6 Å². The number of aromatic nitrogens is 4. The van der Waals surface area contributed by atoms with Gasteiger partial charge in [0.25, 0.3) is 5.91 Å². The van der Waals surface area contributed by atoms with Gasteiger partial charge in [0, 0.05) is 32.0 Å². The number of carbonyl (C=O) groups excluding carboxylic acids is 1. The van der Waals surface area contributed by atoms with Gasteiger partial charge in [-0.05, 0) is 44.0 Å². The molecule has 0 aliphatic carbocycles. The SMILES string of the molecule is Cc1nc2c(OCc3c(F)cccc3F)cccn2c1C(=O)Nc1cnn(CCN2CCC(O)CC2)c1. The molecule has 0 spiro atoms. The molecule has 1 aliphatic rings. The molecule has 0 atom stereocenters. The third-order valence-corrected chi connectivity index (χ3v) is 6.53. The number of carbonyl (C=O) groups is 1. The highest BCUT2D eigenvalue weighted by Crippen LogP contribution is 2.25. The van der Waals surface area contributed by atoms with Crippen LogP contribution in [0.3, 0.4) is 0 Å².